The molecule has 2 heterocycles. The number of hydrogen-bond acceptors (Lipinski definition) is 4. The van der Waals surface area contributed by atoms with Crippen LogP contribution in [0.15, 0.2) is 54.6 Å². The van der Waals surface area contributed by atoms with Gasteiger partial charge in [-0.05, 0) is 36.2 Å². The van der Waals surface area contributed by atoms with Crippen LogP contribution in [0.1, 0.15) is 18.4 Å². The second-order valence-corrected chi connectivity index (χ2v) is 8.04. The average molecular weight is 408 g/mol. The summed E-state index contributed by atoms with van der Waals surface area (Å²) in [5.41, 5.74) is 2.12. The van der Waals surface area contributed by atoms with Gasteiger partial charge in [-0.2, -0.15) is 0 Å². The molecule has 2 aliphatic heterocycles. The molecule has 2 saturated heterocycles. The highest BCUT2D eigenvalue weighted by atomic mass is 16.5. The fourth-order valence-electron chi connectivity index (χ4n) is 4.33. The predicted molar refractivity (Wildman–Crippen MR) is 116 cm³/mol. The van der Waals surface area contributed by atoms with Gasteiger partial charge in [-0.3, -0.25) is 14.5 Å². The number of benzene rings is 2. The van der Waals surface area contributed by atoms with Crippen LogP contribution in [0.25, 0.3) is 0 Å². The van der Waals surface area contributed by atoms with Gasteiger partial charge < -0.3 is 14.5 Å². The number of hydrogen-bond donors (Lipinski definition) is 0. The third-order valence-electron chi connectivity index (χ3n) is 6.01. The lowest BCUT2D eigenvalue weighted by Crippen LogP contribution is -2.39. The highest BCUT2D eigenvalue weighted by Crippen LogP contribution is 2.28. The zero-order valence-electron chi connectivity index (χ0n) is 17.5. The van der Waals surface area contributed by atoms with Gasteiger partial charge in [0.25, 0.3) is 0 Å². The summed E-state index contributed by atoms with van der Waals surface area (Å²) in [6.07, 6.45) is 1.25. The van der Waals surface area contributed by atoms with Gasteiger partial charge in [0.1, 0.15) is 5.75 Å². The number of amides is 2. The second-order valence-electron chi connectivity index (χ2n) is 8.04. The van der Waals surface area contributed by atoms with Crippen molar-refractivity contribution in [2.24, 2.45) is 5.92 Å². The van der Waals surface area contributed by atoms with Crippen molar-refractivity contribution >= 4 is 17.5 Å². The Morgan fingerprint density at radius 2 is 1.77 bits per heavy atom. The fourth-order valence-corrected chi connectivity index (χ4v) is 4.33. The first-order valence-electron chi connectivity index (χ1n) is 10.6. The summed E-state index contributed by atoms with van der Waals surface area (Å²) in [5, 5.41) is 0. The van der Waals surface area contributed by atoms with Gasteiger partial charge in [-0.25, -0.2) is 0 Å². The number of rotatable bonds is 5. The molecule has 2 aliphatic rings. The Morgan fingerprint density at radius 3 is 2.50 bits per heavy atom. The van der Waals surface area contributed by atoms with Crippen molar-refractivity contribution in [3.63, 3.8) is 0 Å². The second kappa shape index (κ2) is 9.30. The Kier molecular flexibility index (Phi) is 6.33. The molecule has 30 heavy (non-hydrogen) atoms. The van der Waals surface area contributed by atoms with Gasteiger partial charge in [0.05, 0.1) is 13.0 Å². The van der Waals surface area contributed by atoms with Crippen LogP contribution in [0.5, 0.6) is 5.75 Å². The van der Waals surface area contributed by atoms with Crippen LogP contribution in [0.4, 0.5) is 5.69 Å². The number of ether oxygens (including phenoxy) is 1. The molecular formula is C24H29N3O3. The van der Waals surface area contributed by atoms with Gasteiger partial charge in [0.2, 0.25) is 11.8 Å². The van der Waals surface area contributed by atoms with Gasteiger partial charge in [0.15, 0.2) is 0 Å². The summed E-state index contributed by atoms with van der Waals surface area (Å²) < 4.78 is 5.19. The van der Waals surface area contributed by atoms with Crippen LogP contribution in [0.3, 0.4) is 0 Å². The molecule has 0 saturated carbocycles. The molecular weight excluding hydrogens is 378 g/mol. The number of carbonyl (C=O) groups is 2. The van der Waals surface area contributed by atoms with E-state index in [0.29, 0.717) is 6.54 Å². The van der Waals surface area contributed by atoms with E-state index in [-0.39, 0.29) is 24.2 Å². The van der Waals surface area contributed by atoms with E-state index in [9.17, 15) is 9.59 Å². The van der Waals surface area contributed by atoms with E-state index in [1.54, 1.807) is 12.0 Å². The maximum absolute atomic E-state index is 13.1. The molecule has 0 spiro atoms. The molecule has 2 aromatic carbocycles. The number of methoxy groups -OCH3 is 1. The average Bonchev–Trinajstić information content (AvgIpc) is 3.02. The SMILES string of the molecule is COc1ccc(N2C[C@@H](C(=O)N3CCCN(Cc4ccccc4)CC3)CC2=O)cc1. The molecule has 6 heteroatoms. The first-order chi connectivity index (χ1) is 14.6. The lowest BCUT2D eigenvalue weighted by Gasteiger charge is -2.24. The molecule has 6 nitrogen and oxygen atoms in total. The maximum atomic E-state index is 13.1. The summed E-state index contributed by atoms with van der Waals surface area (Å²) in [4.78, 5) is 31.8. The van der Waals surface area contributed by atoms with Gasteiger partial charge in [0, 0.05) is 51.4 Å². The number of anilines is 1. The van der Waals surface area contributed by atoms with Crippen LogP contribution in [-0.4, -0.2) is 61.4 Å². The van der Waals surface area contributed by atoms with E-state index >= 15 is 0 Å². The summed E-state index contributed by atoms with van der Waals surface area (Å²) in [7, 11) is 1.62. The van der Waals surface area contributed by atoms with Gasteiger partial charge >= 0.3 is 0 Å². The molecule has 158 valence electrons. The van der Waals surface area contributed by atoms with E-state index in [2.05, 4.69) is 29.2 Å². The summed E-state index contributed by atoms with van der Waals surface area (Å²) in [5.74, 6) is 0.614. The fraction of sp³-hybridized carbons (Fsp3) is 0.417. The third kappa shape index (κ3) is 4.65. The van der Waals surface area contributed by atoms with E-state index < -0.39 is 0 Å². The van der Waals surface area contributed by atoms with E-state index in [4.69, 9.17) is 4.74 Å². The Labute approximate surface area is 178 Å². The summed E-state index contributed by atoms with van der Waals surface area (Å²) >= 11 is 0. The predicted octanol–water partition coefficient (Wildman–Crippen LogP) is 2.78. The first-order valence-corrected chi connectivity index (χ1v) is 10.6. The van der Waals surface area contributed by atoms with Crippen LogP contribution in [0, 0.1) is 5.92 Å². The maximum Gasteiger partial charge on any atom is 0.228 e. The number of carbonyl (C=O) groups excluding carboxylic acids is 2. The molecule has 2 aromatic rings. The van der Waals surface area contributed by atoms with E-state index in [0.717, 1.165) is 50.6 Å². The molecule has 0 radical (unpaired) electrons. The Balaban J connectivity index is 1.34. The van der Waals surface area contributed by atoms with Crippen molar-refractivity contribution in [3.8, 4) is 5.75 Å². The minimum Gasteiger partial charge on any atom is -0.497 e. The van der Waals surface area contributed by atoms with Crippen molar-refractivity contribution in [3.05, 3.63) is 60.2 Å². The monoisotopic (exact) mass is 407 g/mol. The van der Waals surface area contributed by atoms with Crippen molar-refractivity contribution in [1.29, 1.82) is 0 Å². The molecule has 4 rings (SSSR count). The van der Waals surface area contributed by atoms with Crippen molar-refractivity contribution in [2.75, 3.05) is 44.7 Å². The lowest BCUT2D eigenvalue weighted by atomic mass is 10.1. The third-order valence-corrected chi connectivity index (χ3v) is 6.01. The molecule has 0 aliphatic carbocycles. The Morgan fingerprint density at radius 1 is 1.00 bits per heavy atom. The standard InChI is InChI=1S/C24H29N3O3/c1-30-22-10-8-21(9-11-22)27-18-20(16-23(27)28)24(29)26-13-5-12-25(14-15-26)17-19-6-3-2-4-7-19/h2-4,6-11,20H,5,12-18H2,1H3/t20-/m0/s1. The molecule has 2 fully saturated rings. The summed E-state index contributed by atoms with van der Waals surface area (Å²) in [6.45, 7) is 4.70. The molecule has 0 bridgehead atoms. The van der Waals surface area contributed by atoms with Crippen LogP contribution < -0.4 is 9.64 Å². The lowest BCUT2D eigenvalue weighted by molar-refractivity contribution is -0.135. The van der Waals surface area contributed by atoms with Crippen molar-refractivity contribution in [1.82, 2.24) is 9.80 Å². The van der Waals surface area contributed by atoms with Crippen molar-refractivity contribution < 1.29 is 14.3 Å². The van der Waals surface area contributed by atoms with Gasteiger partial charge in [-0.15, -0.1) is 0 Å². The summed E-state index contributed by atoms with van der Waals surface area (Å²) in [6, 6.07) is 17.9. The van der Waals surface area contributed by atoms with E-state index in [1.165, 1.54) is 5.56 Å². The van der Waals surface area contributed by atoms with Gasteiger partial charge in [-0.1, -0.05) is 30.3 Å². The molecule has 0 aromatic heterocycles. The molecule has 0 N–H and O–H groups in total. The molecule has 2 amide bonds. The van der Waals surface area contributed by atoms with Crippen molar-refractivity contribution in [2.45, 2.75) is 19.4 Å². The zero-order chi connectivity index (χ0) is 20.9. The minimum atomic E-state index is -0.264. The Hall–Kier alpha value is -2.86. The number of nitrogens with zero attached hydrogens (tertiary/aromatic N) is 3. The first kappa shape index (κ1) is 20.4. The smallest absolute Gasteiger partial charge is 0.228 e. The van der Waals surface area contributed by atoms with Crippen LogP contribution in [0.2, 0.25) is 0 Å². The quantitative estimate of drug-likeness (QED) is 0.765. The highest BCUT2D eigenvalue weighted by molar-refractivity contribution is 6.00. The molecule has 0 unspecified atom stereocenters. The zero-order valence-corrected chi connectivity index (χ0v) is 17.5. The minimum absolute atomic E-state index is 0.0130. The normalized spacial score (nSPS) is 20.3. The topological polar surface area (TPSA) is 53.1 Å². The van der Waals surface area contributed by atoms with Crippen LogP contribution >= 0.6 is 0 Å². The largest absolute Gasteiger partial charge is 0.497 e. The Bertz CT molecular complexity index is 869. The highest BCUT2D eigenvalue weighted by Gasteiger charge is 2.37. The molecule has 1 atom stereocenters. The van der Waals surface area contributed by atoms with Crippen LogP contribution in [-0.2, 0) is 16.1 Å². The van der Waals surface area contributed by atoms with E-state index in [1.807, 2.05) is 35.2 Å².